The molecule has 6 heteroatoms. The molecule has 0 spiro atoms. The summed E-state index contributed by atoms with van der Waals surface area (Å²) < 4.78 is 0. The molecule has 0 bridgehead atoms. The minimum absolute atomic E-state index is 0.0698. The van der Waals surface area contributed by atoms with Crippen molar-refractivity contribution >= 4 is 23.2 Å². The number of aromatic nitrogens is 1. The third-order valence-electron chi connectivity index (χ3n) is 2.74. The van der Waals surface area contributed by atoms with Crippen LogP contribution in [0.5, 0.6) is 0 Å². The highest BCUT2D eigenvalue weighted by Crippen LogP contribution is 2.09. The smallest absolute Gasteiger partial charge is 0.335 e. The van der Waals surface area contributed by atoms with Gasteiger partial charge in [0.1, 0.15) is 0 Å². The Hall–Kier alpha value is -2.21. The molecule has 0 aliphatic carbocycles. The van der Waals surface area contributed by atoms with Gasteiger partial charge in [-0.3, -0.25) is 4.79 Å². The molecule has 0 unspecified atom stereocenters. The highest BCUT2D eigenvalue weighted by atomic mass is 32.1. The third kappa shape index (κ3) is 3.89. The lowest BCUT2D eigenvalue weighted by molar-refractivity contribution is -0.120. The van der Waals surface area contributed by atoms with E-state index in [1.807, 2.05) is 5.38 Å². The Kier molecular flexibility index (Phi) is 4.84. The molecule has 1 aromatic carbocycles. The van der Waals surface area contributed by atoms with Crippen LogP contribution in [0.25, 0.3) is 0 Å². The normalized spacial score (nSPS) is 10.2. The van der Waals surface area contributed by atoms with E-state index in [-0.39, 0.29) is 17.9 Å². The molecule has 20 heavy (non-hydrogen) atoms. The Labute approximate surface area is 120 Å². The second kappa shape index (κ2) is 6.81. The largest absolute Gasteiger partial charge is 0.478 e. The average Bonchev–Trinajstić information content (AvgIpc) is 2.92. The van der Waals surface area contributed by atoms with Crippen molar-refractivity contribution in [3.05, 3.63) is 52.0 Å². The van der Waals surface area contributed by atoms with E-state index in [1.54, 1.807) is 35.7 Å². The molecule has 1 amide bonds. The maximum Gasteiger partial charge on any atom is 0.335 e. The standard InChI is InChI=1S/C14H14N2O3S/c17-12(15-6-5-13-16-7-8-20-13)9-10-3-1-2-4-11(10)14(18)19/h1-4,7-8H,5-6,9H2,(H,15,17)(H,18,19). The maximum absolute atomic E-state index is 11.8. The first-order valence-electron chi connectivity index (χ1n) is 6.13. The lowest BCUT2D eigenvalue weighted by atomic mass is 10.0. The van der Waals surface area contributed by atoms with E-state index in [0.29, 0.717) is 18.5 Å². The van der Waals surface area contributed by atoms with Crippen LogP contribution in [-0.4, -0.2) is 28.5 Å². The third-order valence-corrected chi connectivity index (χ3v) is 3.58. The quantitative estimate of drug-likeness (QED) is 0.849. The van der Waals surface area contributed by atoms with Crippen LogP contribution in [0.4, 0.5) is 0 Å². The number of carboxylic acids is 1. The van der Waals surface area contributed by atoms with Crippen molar-refractivity contribution in [1.29, 1.82) is 0 Å². The number of carboxylic acid groups (broad SMARTS) is 1. The number of nitrogens with zero attached hydrogens (tertiary/aromatic N) is 1. The summed E-state index contributed by atoms with van der Waals surface area (Å²) in [7, 11) is 0. The second-order valence-corrected chi connectivity index (χ2v) is 5.14. The van der Waals surface area contributed by atoms with Gasteiger partial charge in [-0.2, -0.15) is 0 Å². The van der Waals surface area contributed by atoms with Gasteiger partial charge in [0.05, 0.1) is 17.0 Å². The molecule has 5 nitrogen and oxygen atoms in total. The van der Waals surface area contributed by atoms with Gasteiger partial charge in [-0.25, -0.2) is 9.78 Å². The summed E-state index contributed by atoms with van der Waals surface area (Å²) in [5.41, 5.74) is 0.689. The molecule has 2 N–H and O–H groups in total. The number of hydrogen-bond donors (Lipinski definition) is 2. The molecule has 0 saturated heterocycles. The first-order valence-corrected chi connectivity index (χ1v) is 7.01. The molecule has 2 aromatic rings. The molecule has 0 atom stereocenters. The fourth-order valence-electron chi connectivity index (χ4n) is 1.80. The van der Waals surface area contributed by atoms with Gasteiger partial charge in [0.25, 0.3) is 0 Å². The average molecular weight is 290 g/mol. The number of amides is 1. The van der Waals surface area contributed by atoms with Crippen molar-refractivity contribution in [3.63, 3.8) is 0 Å². The molecule has 2 rings (SSSR count). The lowest BCUT2D eigenvalue weighted by Crippen LogP contribution is -2.27. The minimum atomic E-state index is -1.02. The van der Waals surface area contributed by atoms with Crippen molar-refractivity contribution in [2.75, 3.05) is 6.54 Å². The number of hydrogen-bond acceptors (Lipinski definition) is 4. The molecule has 1 heterocycles. The fourth-order valence-corrected chi connectivity index (χ4v) is 2.42. The molecule has 0 aliphatic rings. The molecule has 104 valence electrons. The van der Waals surface area contributed by atoms with E-state index in [0.717, 1.165) is 5.01 Å². The van der Waals surface area contributed by atoms with Crippen LogP contribution in [-0.2, 0) is 17.6 Å². The lowest BCUT2D eigenvalue weighted by Gasteiger charge is -2.06. The van der Waals surface area contributed by atoms with Gasteiger partial charge in [0, 0.05) is 24.5 Å². The van der Waals surface area contributed by atoms with Crippen molar-refractivity contribution in [2.24, 2.45) is 0 Å². The van der Waals surface area contributed by atoms with Crippen molar-refractivity contribution < 1.29 is 14.7 Å². The Morgan fingerprint density at radius 3 is 2.80 bits per heavy atom. The predicted octanol–water partition coefficient (Wildman–Crippen LogP) is 1.74. The highest BCUT2D eigenvalue weighted by Gasteiger charge is 2.12. The summed E-state index contributed by atoms with van der Waals surface area (Å²) in [6.45, 7) is 0.502. The maximum atomic E-state index is 11.8. The van der Waals surface area contributed by atoms with E-state index >= 15 is 0 Å². The summed E-state index contributed by atoms with van der Waals surface area (Å²) in [6.07, 6.45) is 2.48. The summed E-state index contributed by atoms with van der Waals surface area (Å²) in [5, 5.41) is 14.7. The van der Waals surface area contributed by atoms with E-state index < -0.39 is 5.97 Å². The summed E-state index contributed by atoms with van der Waals surface area (Å²) in [6, 6.07) is 6.53. The van der Waals surface area contributed by atoms with Gasteiger partial charge in [-0.05, 0) is 11.6 Å². The van der Waals surface area contributed by atoms with Crippen molar-refractivity contribution in [2.45, 2.75) is 12.8 Å². The summed E-state index contributed by atoms with van der Waals surface area (Å²) >= 11 is 1.54. The molecule has 0 fully saturated rings. The van der Waals surface area contributed by atoms with Gasteiger partial charge < -0.3 is 10.4 Å². The van der Waals surface area contributed by atoms with E-state index in [9.17, 15) is 9.59 Å². The molecule has 0 aliphatic heterocycles. The molecule has 0 radical (unpaired) electrons. The van der Waals surface area contributed by atoms with Gasteiger partial charge in [-0.1, -0.05) is 18.2 Å². The van der Waals surface area contributed by atoms with E-state index in [2.05, 4.69) is 10.3 Å². The molecular weight excluding hydrogens is 276 g/mol. The number of thiazole rings is 1. The van der Waals surface area contributed by atoms with Crippen LogP contribution in [0.1, 0.15) is 20.9 Å². The Balaban J connectivity index is 1.87. The number of aromatic carboxylic acids is 1. The zero-order valence-electron chi connectivity index (χ0n) is 10.7. The first-order chi connectivity index (χ1) is 9.66. The number of rotatable bonds is 6. The topological polar surface area (TPSA) is 79.3 Å². The monoisotopic (exact) mass is 290 g/mol. The van der Waals surface area contributed by atoms with Crippen LogP contribution in [0, 0.1) is 0 Å². The van der Waals surface area contributed by atoms with E-state index in [4.69, 9.17) is 5.11 Å². The SMILES string of the molecule is O=C(Cc1ccccc1C(=O)O)NCCc1nccs1. The van der Waals surface area contributed by atoms with Gasteiger partial charge >= 0.3 is 5.97 Å². The number of benzene rings is 1. The summed E-state index contributed by atoms with van der Waals surface area (Å²) in [4.78, 5) is 27.0. The molecular formula is C14H14N2O3S. The highest BCUT2D eigenvalue weighted by molar-refractivity contribution is 7.09. The van der Waals surface area contributed by atoms with Crippen molar-refractivity contribution in [3.8, 4) is 0 Å². The van der Waals surface area contributed by atoms with Crippen LogP contribution in [0.3, 0.4) is 0 Å². The number of nitrogens with one attached hydrogen (secondary N) is 1. The Bertz CT molecular complexity index is 596. The minimum Gasteiger partial charge on any atom is -0.478 e. The van der Waals surface area contributed by atoms with Crippen molar-refractivity contribution in [1.82, 2.24) is 10.3 Å². The molecule has 1 aromatic heterocycles. The number of carbonyl (C=O) groups excluding carboxylic acids is 1. The summed E-state index contributed by atoms with van der Waals surface area (Å²) in [5.74, 6) is -1.20. The van der Waals surface area contributed by atoms with Crippen LogP contribution < -0.4 is 5.32 Å². The van der Waals surface area contributed by atoms with Gasteiger partial charge in [0.15, 0.2) is 0 Å². The van der Waals surface area contributed by atoms with Crippen LogP contribution in [0.15, 0.2) is 35.8 Å². The number of carbonyl (C=O) groups is 2. The zero-order chi connectivity index (χ0) is 14.4. The second-order valence-electron chi connectivity index (χ2n) is 4.16. The van der Waals surface area contributed by atoms with Gasteiger partial charge in [-0.15, -0.1) is 11.3 Å². The fraction of sp³-hybridized carbons (Fsp3) is 0.214. The first kappa shape index (κ1) is 14.2. The van der Waals surface area contributed by atoms with Crippen LogP contribution >= 0.6 is 11.3 Å². The Morgan fingerprint density at radius 1 is 1.30 bits per heavy atom. The van der Waals surface area contributed by atoms with Gasteiger partial charge in [0.2, 0.25) is 5.91 Å². The molecule has 0 saturated carbocycles. The van der Waals surface area contributed by atoms with E-state index in [1.165, 1.54) is 6.07 Å². The predicted molar refractivity (Wildman–Crippen MR) is 75.9 cm³/mol. The van der Waals surface area contributed by atoms with Crippen LogP contribution in [0.2, 0.25) is 0 Å². The zero-order valence-corrected chi connectivity index (χ0v) is 11.5. The Morgan fingerprint density at radius 2 is 2.10 bits per heavy atom.